The van der Waals surface area contributed by atoms with E-state index >= 15 is 0 Å². The van der Waals surface area contributed by atoms with Crippen LogP contribution in [0.25, 0.3) is 5.69 Å². The van der Waals surface area contributed by atoms with E-state index in [9.17, 15) is 27.9 Å². The van der Waals surface area contributed by atoms with Crippen molar-refractivity contribution in [3.63, 3.8) is 0 Å². The minimum Gasteiger partial charge on any atom is -0.480 e. The summed E-state index contributed by atoms with van der Waals surface area (Å²) in [6.45, 7) is 0. The summed E-state index contributed by atoms with van der Waals surface area (Å²) in [5, 5.41) is 20.9. The van der Waals surface area contributed by atoms with E-state index in [-0.39, 0.29) is 29.5 Å². The van der Waals surface area contributed by atoms with Crippen LogP contribution in [0.3, 0.4) is 0 Å². The standard InChI is InChI=1S/C25H21ClF3N5O4/c26-14-1-3-18-16(5-14)17(35)6-19(38-18)22(37)33-24-10-23(11-24,12-24)32-21(36)13-7-31-34(9-13)15-2-4-20(30-8-15)25(27,28)29/h1-5,7-9,17,19,35H,6,10-12H2,(H,32,36)(H,33,37)/t17-,19-,23?,24?/m1/s1. The van der Waals surface area contributed by atoms with Crippen molar-refractivity contribution in [2.45, 2.75) is 55.1 Å². The number of nitrogens with one attached hydrogen (secondary N) is 2. The number of alkyl halides is 3. The first-order valence-electron chi connectivity index (χ1n) is 11.8. The number of benzene rings is 1. The van der Waals surface area contributed by atoms with Crippen LogP contribution in [0.15, 0.2) is 48.9 Å². The predicted octanol–water partition coefficient (Wildman–Crippen LogP) is 3.35. The molecule has 3 fully saturated rings. The van der Waals surface area contributed by atoms with Gasteiger partial charge in [0.15, 0.2) is 6.10 Å². The van der Waals surface area contributed by atoms with Gasteiger partial charge in [0.25, 0.3) is 11.8 Å². The van der Waals surface area contributed by atoms with Gasteiger partial charge in [0, 0.05) is 34.3 Å². The highest BCUT2D eigenvalue weighted by Gasteiger charge is 2.69. The molecule has 2 aromatic heterocycles. The maximum absolute atomic E-state index is 12.9. The maximum Gasteiger partial charge on any atom is 0.433 e. The topological polar surface area (TPSA) is 118 Å². The van der Waals surface area contributed by atoms with E-state index < -0.39 is 35.2 Å². The molecule has 0 unspecified atom stereocenters. The number of aliphatic hydroxyl groups is 1. The Balaban J connectivity index is 1.03. The van der Waals surface area contributed by atoms with Crippen molar-refractivity contribution in [3.05, 3.63) is 70.8 Å². The average molecular weight is 548 g/mol. The molecule has 13 heteroatoms. The molecular weight excluding hydrogens is 527 g/mol. The molecule has 2 amide bonds. The monoisotopic (exact) mass is 547 g/mol. The van der Waals surface area contributed by atoms with Crippen LogP contribution in [0, 0.1) is 0 Å². The van der Waals surface area contributed by atoms with Gasteiger partial charge in [-0.3, -0.25) is 9.59 Å². The molecule has 3 aromatic rings. The summed E-state index contributed by atoms with van der Waals surface area (Å²) in [6.07, 6.45) is -0.718. The zero-order valence-corrected chi connectivity index (χ0v) is 20.4. The van der Waals surface area contributed by atoms with E-state index in [1.807, 2.05) is 0 Å². The average Bonchev–Trinajstić information content (AvgIpc) is 3.32. The first kappa shape index (κ1) is 24.7. The number of carbonyl (C=O) groups is 2. The van der Waals surface area contributed by atoms with Crippen molar-refractivity contribution in [1.29, 1.82) is 0 Å². The maximum atomic E-state index is 12.9. The smallest absolute Gasteiger partial charge is 0.433 e. The quantitative estimate of drug-likeness (QED) is 0.451. The van der Waals surface area contributed by atoms with Gasteiger partial charge in [0.05, 0.1) is 29.7 Å². The molecule has 1 aromatic carbocycles. The number of hydrogen-bond donors (Lipinski definition) is 3. The summed E-state index contributed by atoms with van der Waals surface area (Å²) in [5.41, 5.74) is -0.821. The number of aliphatic hydroxyl groups excluding tert-OH is 1. The van der Waals surface area contributed by atoms with Crippen molar-refractivity contribution < 1.29 is 32.6 Å². The van der Waals surface area contributed by atoms with E-state index in [1.54, 1.807) is 18.2 Å². The van der Waals surface area contributed by atoms with Crippen LogP contribution in [-0.4, -0.2) is 48.9 Å². The van der Waals surface area contributed by atoms with Gasteiger partial charge in [-0.2, -0.15) is 18.3 Å². The molecule has 3 heterocycles. The van der Waals surface area contributed by atoms with Crippen LogP contribution in [0.4, 0.5) is 13.2 Å². The van der Waals surface area contributed by atoms with Gasteiger partial charge >= 0.3 is 6.18 Å². The van der Waals surface area contributed by atoms with E-state index in [4.69, 9.17) is 16.3 Å². The summed E-state index contributed by atoms with van der Waals surface area (Å²) < 4.78 is 45.2. The lowest BCUT2D eigenvalue weighted by atomic mass is 9.44. The van der Waals surface area contributed by atoms with Crippen molar-refractivity contribution in [2.75, 3.05) is 0 Å². The molecule has 3 N–H and O–H groups in total. The molecule has 2 atom stereocenters. The fraction of sp³-hybridized carbons (Fsp3) is 0.360. The van der Waals surface area contributed by atoms with E-state index in [2.05, 4.69) is 20.7 Å². The van der Waals surface area contributed by atoms with Crippen LogP contribution in [-0.2, 0) is 11.0 Å². The van der Waals surface area contributed by atoms with Crippen LogP contribution < -0.4 is 15.4 Å². The highest BCUT2D eigenvalue weighted by atomic mass is 35.5. The molecule has 3 saturated carbocycles. The molecule has 0 spiro atoms. The number of amides is 2. The second-order valence-electron chi connectivity index (χ2n) is 10.1. The summed E-state index contributed by atoms with van der Waals surface area (Å²) in [6, 6.07) is 6.95. The number of carbonyl (C=O) groups excluding carboxylic acids is 2. The second-order valence-corrected chi connectivity index (χ2v) is 10.6. The minimum absolute atomic E-state index is 0.107. The first-order chi connectivity index (χ1) is 17.9. The Bertz CT molecular complexity index is 1420. The van der Waals surface area contributed by atoms with Crippen LogP contribution in [0.1, 0.15) is 53.4 Å². The summed E-state index contributed by atoms with van der Waals surface area (Å²) in [4.78, 5) is 29.1. The van der Waals surface area contributed by atoms with Gasteiger partial charge in [-0.05, 0) is 49.6 Å². The van der Waals surface area contributed by atoms with Crippen molar-refractivity contribution in [2.24, 2.45) is 0 Å². The third-order valence-corrected chi connectivity index (χ3v) is 7.51. The van der Waals surface area contributed by atoms with Gasteiger partial charge in [0.2, 0.25) is 0 Å². The Morgan fingerprint density at radius 1 is 1.11 bits per heavy atom. The molecule has 9 nitrogen and oxygen atoms in total. The zero-order valence-electron chi connectivity index (χ0n) is 19.6. The highest BCUT2D eigenvalue weighted by Crippen LogP contribution is 2.60. The number of hydrogen-bond acceptors (Lipinski definition) is 6. The van der Waals surface area contributed by atoms with E-state index in [0.29, 0.717) is 35.6 Å². The van der Waals surface area contributed by atoms with Crippen LogP contribution >= 0.6 is 11.6 Å². The van der Waals surface area contributed by atoms with Gasteiger partial charge in [-0.1, -0.05) is 11.6 Å². The molecule has 198 valence electrons. The Kier molecular flexibility index (Phi) is 5.48. The Hall–Kier alpha value is -3.64. The largest absolute Gasteiger partial charge is 0.480 e. The summed E-state index contributed by atoms with van der Waals surface area (Å²) in [7, 11) is 0. The SMILES string of the molecule is O=C(NC12CC(NC(=O)[C@H]3C[C@@H](O)c4cc(Cl)ccc4O3)(C1)C2)c1cnn(-c2ccc(C(F)(F)F)nc2)c1. The van der Waals surface area contributed by atoms with Gasteiger partial charge in [-0.25, -0.2) is 9.67 Å². The minimum atomic E-state index is -4.54. The van der Waals surface area contributed by atoms with E-state index in [1.165, 1.54) is 23.1 Å². The molecule has 0 saturated heterocycles. The van der Waals surface area contributed by atoms with Crippen LogP contribution in [0.5, 0.6) is 5.75 Å². The normalized spacial score (nSPS) is 27.3. The fourth-order valence-corrected chi connectivity index (χ4v) is 5.74. The lowest BCUT2D eigenvalue weighted by Crippen LogP contribution is -2.84. The van der Waals surface area contributed by atoms with E-state index in [0.717, 1.165) is 12.3 Å². The Morgan fingerprint density at radius 3 is 2.53 bits per heavy atom. The molecule has 1 aliphatic heterocycles. The number of fused-ring (bicyclic) bond motifs is 1. The van der Waals surface area contributed by atoms with Gasteiger partial charge < -0.3 is 20.5 Å². The number of pyridine rings is 1. The molecule has 7 rings (SSSR count). The van der Waals surface area contributed by atoms with Gasteiger partial charge in [0.1, 0.15) is 11.4 Å². The summed E-state index contributed by atoms with van der Waals surface area (Å²) in [5.74, 6) is -0.275. The molecule has 4 aliphatic rings. The van der Waals surface area contributed by atoms with Crippen molar-refractivity contribution >= 4 is 23.4 Å². The van der Waals surface area contributed by atoms with Gasteiger partial charge in [-0.15, -0.1) is 0 Å². The predicted molar refractivity (Wildman–Crippen MR) is 127 cm³/mol. The molecule has 2 bridgehead atoms. The third kappa shape index (κ3) is 4.27. The second kappa shape index (κ2) is 8.43. The number of rotatable bonds is 5. The number of aromatic nitrogens is 3. The fourth-order valence-electron chi connectivity index (χ4n) is 5.56. The molecule has 38 heavy (non-hydrogen) atoms. The van der Waals surface area contributed by atoms with Crippen LogP contribution in [0.2, 0.25) is 5.02 Å². The molecular formula is C25H21ClF3N5O4. The van der Waals surface area contributed by atoms with Crippen molar-refractivity contribution in [3.8, 4) is 11.4 Å². The Morgan fingerprint density at radius 2 is 1.84 bits per heavy atom. The van der Waals surface area contributed by atoms with Crippen molar-refractivity contribution in [1.82, 2.24) is 25.4 Å². The lowest BCUT2D eigenvalue weighted by molar-refractivity contribution is -0.147. The highest BCUT2D eigenvalue weighted by molar-refractivity contribution is 6.30. The number of nitrogens with zero attached hydrogens (tertiary/aromatic N) is 3. The third-order valence-electron chi connectivity index (χ3n) is 7.27. The molecule has 3 aliphatic carbocycles. The first-order valence-corrected chi connectivity index (χ1v) is 12.2. The number of halogens is 4. The zero-order chi connectivity index (χ0) is 26.9. The number of ether oxygens (including phenoxy) is 1. The molecule has 0 radical (unpaired) electrons. The summed E-state index contributed by atoms with van der Waals surface area (Å²) >= 11 is 5.98. The lowest BCUT2D eigenvalue weighted by Gasteiger charge is -2.70. The Labute approximate surface area is 218 Å².